The molecule has 2 atom stereocenters. The van der Waals surface area contributed by atoms with Crippen molar-refractivity contribution in [3.05, 3.63) is 39.3 Å². The number of halogens is 6. The summed E-state index contributed by atoms with van der Waals surface area (Å²) in [5.41, 5.74) is 4.36. The van der Waals surface area contributed by atoms with Gasteiger partial charge in [0.1, 0.15) is 10.8 Å². The van der Waals surface area contributed by atoms with E-state index in [1.807, 2.05) is 5.10 Å². The van der Waals surface area contributed by atoms with Crippen molar-refractivity contribution in [3.63, 3.8) is 0 Å². The fourth-order valence-corrected chi connectivity index (χ4v) is 3.81. The third-order valence-corrected chi connectivity index (χ3v) is 5.59. The quantitative estimate of drug-likeness (QED) is 0.524. The Bertz CT molecular complexity index is 1020. The Hall–Kier alpha value is -2.54. The number of aromatic nitrogens is 4. The van der Waals surface area contributed by atoms with Crippen molar-refractivity contribution in [3.8, 4) is 0 Å². The predicted octanol–water partition coefficient (Wildman–Crippen LogP) is 3.09. The number of carbonyl (C=O) groups excluding carboxylic acids is 1. The number of aromatic amines is 1. The summed E-state index contributed by atoms with van der Waals surface area (Å²) in [6, 6.07) is -1.53. The Morgan fingerprint density at radius 2 is 2.03 bits per heavy atom. The number of H-pyrrole nitrogens is 1. The van der Waals surface area contributed by atoms with E-state index in [9.17, 15) is 31.5 Å². The molecule has 14 heteroatoms. The minimum atomic E-state index is -2.88. The highest BCUT2D eigenvalue weighted by atomic mass is 35.5. The van der Waals surface area contributed by atoms with Crippen LogP contribution in [0.4, 0.5) is 27.6 Å². The topological polar surface area (TPSA) is 119 Å². The molecule has 0 saturated heterocycles. The van der Waals surface area contributed by atoms with Gasteiger partial charge in [-0.3, -0.25) is 14.3 Å². The fraction of sp³-hybridized carbons (Fsp3) is 0.556. The summed E-state index contributed by atoms with van der Waals surface area (Å²) in [4.78, 5) is 24.5. The molecule has 0 spiro atoms. The van der Waals surface area contributed by atoms with Crippen molar-refractivity contribution in [2.45, 2.75) is 56.5 Å². The molecule has 8 nitrogen and oxygen atoms in total. The van der Waals surface area contributed by atoms with E-state index in [4.69, 9.17) is 17.3 Å². The van der Waals surface area contributed by atoms with Crippen LogP contribution in [0.3, 0.4) is 0 Å². The molecule has 0 aromatic carbocycles. The lowest BCUT2D eigenvalue weighted by Gasteiger charge is -2.31. The Morgan fingerprint density at radius 1 is 1.38 bits per heavy atom. The molecule has 1 saturated carbocycles. The van der Waals surface area contributed by atoms with Gasteiger partial charge < -0.3 is 11.1 Å². The summed E-state index contributed by atoms with van der Waals surface area (Å²) >= 11 is 5.73. The van der Waals surface area contributed by atoms with Gasteiger partial charge in [-0.1, -0.05) is 11.6 Å². The van der Waals surface area contributed by atoms with Crippen molar-refractivity contribution in [2.24, 2.45) is 11.7 Å². The van der Waals surface area contributed by atoms with E-state index in [2.05, 4.69) is 15.5 Å². The van der Waals surface area contributed by atoms with Crippen molar-refractivity contribution in [2.75, 3.05) is 5.32 Å². The maximum atomic E-state index is 14.4. The number of anilines is 1. The van der Waals surface area contributed by atoms with Gasteiger partial charge >= 0.3 is 0 Å². The van der Waals surface area contributed by atoms with Crippen LogP contribution in [0.15, 0.2) is 17.1 Å². The van der Waals surface area contributed by atoms with Crippen molar-refractivity contribution >= 4 is 23.2 Å². The Labute approximate surface area is 183 Å². The summed E-state index contributed by atoms with van der Waals surface area (Å²) < 4.78 is 68.0. The molecule has 0 radical (unpaired) electrons. The van der Waals surface area contributed by atoms with E-state index >= 15 is 0 Å². The summed E-state index contributed by atoms with van der Waals surface area (Å²) in [7, 11) is 0. The van der Waals surface area contributed by atoms with Gasteiger partial charge in [0.25, 0.3) is 11.5 Å². The van der Waals surface area contributed by atoms with Gasteiger partial charge in [0.05, 0.1) is 18.3 Å². The smallest absolute Gasteiger partial charge is 0.269 e. The molecule has 2 heterocycles. The van der Waals surface area contributed by atoms with Crippen molar-refractivity contribution < 1.29 is 26.7 Å². The van der Waals surface area contributed by atoms with Gasteiger partial charge in [-0.2, -0.15) is 9.49 Å². The lowest BCUT2D eigenvalue weighted by atomic mass is 9.82. The van der Waals surface area contributed by atoms with Crippen LogP contribution in [0, 0.1) is 11.9 Å². The van der Waals surface area contributed by atoms with Crippen LogP contribution in [-0.2, 0) is 4.79 Å². The number of carbonyl (C=O) groups is 1. The van der Waals surface area contributed by atoms with Gasteiger partial charge in [-0.25, -0.2) is 22.7 Å². The minimum absolute atomic E-state index is 0.0331. The first-order valence-corrected chi connectivity index (χ1v) is 10.1. The van der Waals surface area contributed by atoms with Crippen LogP contribution in [0.5, 0.6) is 0 Å². The number of rotatable bonds is 7. The average molecular weight is 483 g/mol. The molecule has 1 fully saturated rings. The van der Waals surface area contributed by atoms with Crippen LogP contribution in [-0.4, -0.2) is 44.3 Å². The zero-order valence-corrected chi connectivity index (χ0v) is 17.3. The van der Waals surface area contributed by atoms with Gasteiger partial charge in [0.15, 0.2) is 0 Å². The summed E-state index contributed by atoms with van der Waals surface area (Å²) in [5.74, 6) is -5.34. The fourth-order valence-electron chi connectivity index (χ4n) is 3.65. The van der Waals surface area contributed by atoms with E-state index in [0.29, 0.717) is 0 Å². The first-order valence-electron chi connectivity index (χ1n) is 9.69. The number of alkyl halides is 4. The molecular formula is C18H20ClF5N6O2. The van der Waals surface area contributed by atoms with E-state index in [1.165, 1.54) is 0 Å². The molecular weight excluding hydrogens is 463 g/mol. The number of nitrogens with one attached hydrogen (secondary N) is 2. The molecule has 0 aliphatic heterocycles. The molecule has 0 bridgehead atoms. The lowest BCUT2D eigenvalue weighted by molar-refractivity contribution is -0.120. The highest BCUT2D eigenvalue weighted by Gasteiger charge is 2.38. The van der Waals surface area contributed by atoms with Gasteiger partial charge in [0, 0.05) is 24.8 Å². The predicted molar refractivity (Wildman–Crippen MR) is 104 cm³/mol. The van der Waals surface area contributed by atoms with Crippen molar-refractivity contribution in [1.82, 2.24) is 20.0 Å². The number of nitrogens with zero attached hydrogens (tertiary/aromatic N) is 3. The van der Waals surface area contributed by atoms with Crippen molar-refractivity contribution in [1.29, 1.82) is 0 Å². The molecule has 176 valence electrons. The SMILES string of the molecule is NC(C(=O)Nc1cn(C(CC(F)F)c2cc(Cl)n[nH]c2=O)nc1F)C1CCC(F)(F)CC1. The van der Waals surface area contributed by atoms with Gasteiger partial charge in [-0.05, 0) is 24.8 Å². The van der Waals surface area contributed by atoms with Gasteiger partial charge in [0.2, 0.25) is 18.3 Å². The third kappa shape index (κ3) is 5.63. The summed E-state index contributed by atoms with van der Waals surface area (Å²) in [5, 5.41) is 11.0. The maximum absolute atomic E-state index is 14.4. The minimum Gasteiger partial charge on any atom is -0.320 e. The second-order valence-electron chi connectivity index (χ2n) is 7.64. The first-order chi connectivity index (χ1) is 15.0. The van der Waals surface area contributed by atoms with Crippen LogP contribution in [0.2, 0.25) is 5.15 Å². The molecule has 1 amide bonds. The van der Waals surface area contributed by atoms with Crippen LogP contribution < -0.4 is 16.6 Å². The standard InChI is InChI=1S/C18H20ClF5N6O2/c19-12-5-9(16(31)28-27-12)11(6-13(20)21)30-7-10(15(22)29-30)26-17(32)14(25)8-1-3-18(23,24)4-2-8/h5,7-8,11,13-14H,1-4,6,25H2,(H,26,32)(H,28,31). The number of hydrogen-bond donors (Lipinski definition) is 3. The normalized spacial score (nSPS) is 18.5. The molecule has 2 aromatic heterocycles. The van der Waals surface area contributed by atoms with E-state index < -0.39 is 72.7 Å². The van der Waals surface area contributed by atoms with Crippen LogP contribution in [0.25, 0.3) is 0 Å². The Kier molecular flexibility index (Phi) is 7.18. The zero-order valence-electron chi connectivity index (χ0n) is 16.5. The molecule has 1 aliphatic rings. The third-order valence-electron chi connectivity index (χ3n) is 5.40. The van der Waals surface area contributed by atoms with E-state index in [-0.39, 0.29) is 23.6 Å². The lowest BCUT2D eigenvalue weighted by Crippen LogP contribution is -2.44. The number of nitrogens with two attached hydrogens (primary N) is 1. The Morgan fingerprint density at radius 3 is 2.66 bits per heavy atom. The maximum Gasteiger partial charge on any atom is 0.269 e. The molecule has 1 aliphatic carbocycles. The van der Waals surface area contributed by atoms with Crippen LogP contribution >= 0.6 is 11.6 Å². The highest BCUT2D eigenvalue weighted by molar-refractivity contribution is 6.29. The summed E-state index contributed by atoms with van der Waals surface area (Å²) in [6.45, 7) is 0. The van der Waals surface area contributed by atoms with Gasteiger partial charge in [-0.15, -0.1) is 5.10 Å². The average Bonchev–Trinajstić information content (AvgIpc) is 3.07. The zero-order chi connectivity index (χ0) is 23.6. The molecule has 3 rings (SSSR count). The molecule has 4 N–H and O–H groups in total. The van der Waals surface area contributed by atoms with E-state index in [1.54, 1.807) is 0 Å². The van der Waals surface area contributed by atoms with Crippen LogP contribution in [0.1, 0.15) is 43.7 Å². The second-order valence-corrected chi connectivity index (χ2v) is 8.03. The molecule has 32 heavy (non-hydrogen) atoms. The molecule has 2 aromatic rings. The number of amides is 1. The highest BCUT2D eigenvalue weighted by Crippen LogP contribution is 2.37. The Balaban J connectivity index is 1.79. The number of hydrogen-bond acceptors (Lipinski definition) is 5. The molecule has 2 unspecified atom stereocenters. The second kappa shape index (κ2) is 9.53. The van der Waals surface area contributed by atoms with E-state index in [0.717, 1.165) is 16.9 Å². The first kappa shape index (κ1) is 24.1. The monoisotopic (exact) mass is 482 g/mol. The largest absolute Gasteiger partial charge is 0.320 e. The summed E-state index contributed by atoms with van der Waals surface area (Å²) in [6.07, 6.45) is -3.57.